The lowest BCUT2D eigenvalue weighted by Crippen LogP contribution is -2.61. The van der Waals surface area contributed by atoms with Crippen molar-refractivity contribution in [1.82, 2.24) is 15.8 Å². The van der Waals surface area contributed by atoms with Crippen LogP contribution >= 0.6 is 0 Å². The lowest BCUT2D eigenvalue weighted by Gasteiger charge is -2.32. The molecule has 2 aliphatic rings. The highest BCUT2D eigenvalue weighted by molar-refractivity contribution is 6.07. The average Bonchev–Trinajstić information content (AvgIpc) is 2.93. The Bertz CT molecular complexity index is 777. The highest BCUT2D eigenvalue weighted by Gasteiger charge is 2.39. The van der Waals surface area contributed by atoms with Crippen molar-refractivity contribution < 1.29 is 9.59 Å². The molecule has 0 spiro atoms. The van der Waals surface area contributed by atoms with Crippen LogP contribution in [0, 0.1) is 13.8 Å². The molecule has 0 saturated carbocycles. The highest BCUT2D eigenvalue weighted by atomic mass is 16.2. The smallest absolute Gasteiger partial charge is 0.249 e. The van der Waals surface area contributed by atoms with Gasteiger partial charge < -0.3 is 5.32 Å². The van der Waals surface area contributed by atoms with Crippen LogP contribution in [0.5, 0.6) is 0 Å². The number of carbonyl (C=O) groups is 2. The van der Waals surface area contributed by atoms with E-state index in [9.17, 15) is 9.59 Å². The zero-order chi connectivity index (χ0) is 17.4. The molecule has 1 aromatic rings. The summed E-state index contributed by atoms with van der Waals surface area (Å²) >= 11 is 0. The monoisotopic (exact) mass is 327 g/mol. The maximum atomic E-state index is 12.7. The van der Waals surface area contributed by atoms with Gasteiger partial charge in [0, 0.05) is 5.69 Å². The van der Waals surface area contributed by atoms with Crippen molar-refractivity contribution in [3.05, 3.63) is 40.7 Å². The van der Waals surface area contributed by atoms with Crippen LogP contribution in [0.4, 0.5) is 5.69 Å². The van der Waals surface area contributed by atoms with E-state index in [1.165, 1.54) is 0 Å². The summed E-state index contributed by atoms with van der Waals surface area (Å²) in [4.78, 5) is 29.0. The average molecular weight is 327 g/mol. The Hall–Kier alpha value is -2.83. The van der Waals surface area contributed by atoms with E-state index in [0.29, 0.717) is 11.8 Å². The van der Waals surface area contributed by atoms with Gasteiger partial charge in [-0.05, 0) is 44.9 Å². The summed E-state index contributed by atoms with van der Waals surface area (Å²) in [5.74, 6) is 0.550. The van der Waals surface area contributed by atoms with Gasteiger partial charge in [-0.25, -0.2) is 5.01 Å². The van der Waals surface area contributed by atoms with Gasteiger partial charge in [-0.15, -0.1) is 0 Å². The maximum absolute atomic E-state index is 12.7. The van der Waals surface area contributed by atoms with Gasteiger partial charge in [0.25, 0.3) is 0 Å². The van der Waals surface area contributed by atoms with E-state index in [2.05, 4.69) is 21.1 Å². The molecule has 24 heavy (non-hydrogen) atoms. The second kappa shape index (κ2) is 5.99. The molecule has 3 rings (SSSR count). The van der Waals surface area contributed by atoms with Gasteiger partial charge in [0.05, 0.1) is 6.42 Å². The molecule has 0 aliphatic carbocycles. The molecular formula is C17H21N5O2. The second-order valence-electron chi connectivity index (χ2n) is 6.34. The molecule has 3 N–H and O–H groups in total. The number of fused-ring (bicyclic) bond motifs is 1. The number of amides is 2. The van der Waals surface area contributed by atoms with E-state index in [1.807, 2.05) is 45.9 Å². The van der Waals surface area contributed by atoms with E-state index in [-0.39, 0.29) is 18.2 Å². The molecule has 2 amide bonds. The summed E-state index contributed by atoms with van der Waals surface area (Å²) in [7, 11) is 0. The van der Waals surface area contributed by atoms with Crippen molar-refractivity contribution in [3.8, 4) is 0 Å². The Balaban J connectivity index is 1.83. The summed E-state index contributed by atoms with van der Waals surface area (Å²) in [5, 5.41) is 7.22. The minimum absolute atomic E-state index is 0.0683. The van der Waals surface area contributed by atoms with Crippen LogP contribution in [0.15, 0.2) is 34.6 Å². The Morgan fingerprint density at radius 3 is 2.75 bits per heavy atom. The summed E-state index contributed by atoms with van der Waals surface area (Å²) < 4.78 is 0. The standard InChI is InChI=1S/C17H21N5O2/c1-9(2)15-20-17-19-14(23)8-13(22(17)21-15)16(24)18-12-6-5-10(3)7-11(12)4/h5-7,13,21H,8H2,1-4H3,(H,18,24)(H,19,20,23)/t13-/m0/s1. The number of carbonyl (C=O) groups excluding carboxylic acids is 2. The molecule has 2 heterocycles. The first-order chi connectivity index (χ1) is 11.3. The minimum atomic E-state index is -0.657. The number of guanidine groups is 1. The summed E-state index contributed by atoms with van der Waals surface area (Å²) in [6.07, 6.45) is 0.0683. The number of hydrogen-bond donors (Lipinski definition) is 3. The summed E-state index contributed by atoms with van der Waals surface area (Å²) in [6.45, 7) is 7.77. The van der Waals surface area contributed by atoms with Crippen LogP contribution in [0.3, 0.4) is 0 Å². The number of hydrogen-bond acceptors (Lipinski definition) is 5. The van der Waals surface area contributed by atoms with Crippen LogP contribution in [0.1, 0.15) is 31.4 Å². The SMILES string of the molecule is CC(C)=C1N=C2NC(=O)C[C@@H](C(=O)Nc3ccc(C)cc3C)N2N1. The van der Waals surface area contributed by atoms with Gasteiger partial charge in [-0.1, -0.05) is 17.7 Å². The molecule has 0 radical (unpaired) electrons. The molecular weight excluding hydrogens is 306 g/mol. The van der Waals surface area contributed by atoms with E-state index in [4.69, 9.17) is 0 Å². The van der Waals surface area contributed by atoms with Crippen molar-refractivity contribution in [2.24, 2.45) is 4.99 Å². The van der Waals surface area contributed by atoms with Gasteiger partial charge in [0.2, 0.25) is 17.8 Å². The van der Waals surface area contributed by atoms with Crippen LogP contribution in [0.25, 0.3) is 0 Å². The number of aryl methyl sites for hydroxylation is 2. The van der Waals surface area contributed by atoms with Crippen molar-refractivity contribution in [1.29, 1.82) is 0 Å². The molecule has 7 nitrogen and oxygen atoms in total. The van der Waals surface area contributed by atoms with E-state index < -0.39 is 6.04 Å². The molecule has 7 heteroatoms. The van der Waals surface area contributed by atoms with Gasteiger partial charge >= 0.3 is 0 Å². The largest absolute Gasteiger partial charge is 0.324 e. The zero-order valence-electron chi connectivity index (χ0n) is 14.2. The van der Waals surface area contributed by atoms with Crippen LogP contribution in [0.2, 0.25) is 0 Å². The first kappa shape index (κ1) is 16.0. The predicted molar refractivity (Wildman–Crippen MR) is 91.9 cm³/mol. The number of aliphatic imine (C=N–C) groups is 1. The molecule has 2 aliphatic heterocycles. The van der Waals surface area contributed by atoms with Crippen LogP contribution < -0.4 is 16.1 Å². The summed E-state index contributed by atoms with van der Waals surface area (Å²) in [5.41, 5.74) is 6.92. The number of allylic oxidation sites excluding steroid dienone is 1. The molecule has 1 atom stereocenters. The lowest BCUT2D eigenvalue weighted by atomic mass is 10.1. The normalized spacial score (nSPS) is 19.2. The number of nitrogens with zero attached hydrogens (tertiary/aromatic N) is 2. The van der Waals surface area contributed by atoms with Gasteiger partial charge in [-0.3, -0.25) is 20.3 Å². The Morgan fingerprint density at radius 2 is 2.08 bits per heavy atom. The van der Waals surface area contributed by atoms with Crippen molar-refractivity contribution >= 4 is 23.5 Å². The fourth-order valence-electron chi connectivity index (χ4n) is 2.71. The van der Waals surface area contributed by atoms with Crippen molar-refractivity contribution in [2.75, 3.05) is 5.32 Å². The highest BCUT2D eigenvalue weighted by Crippen LogP contribution is 2.21. The van der Waals surface area contributed by atoms with Crippen LogP contribution in [-0.4, -0.2) is 28.8 Å². The van der Waals surface area contributed by atoms with Gasteiger partial charge in [0.1, 0.15) is 11.9 Å². The quantitative estimate of drug-likeness (QED) is 0.769. The van der Waals surface area contributed by atoms with Gasteiger partial charge in [-0.2, -0.15) is 4.99 Å². The number of anilines is 1. The van der Waals surface area contributed by atoms with Crippen molar-refractivity contribution in [3.63, 3.8) is 0 Å². The first-order valence-corrected chi connectivity index (χ1v) is 7.85. The zero-order valence-corrected chi connectivity index (χ0v) is 14.2. The summed E-state index contributed by atoms with van der Waals surface area (Å²) in [6, 6.07) is 5.17. The van der Waals surface area contributed by atoms with E-state index >= 15 is 0 Å². The molecule has 126 valence electrons. The molecule has 0 unspecified atom stereocenters. The Kier molecular flexibility index (Phi) is 4.01. The van der Waals surface area contributed by atoms with Gasteiger partial charge in [0.15, 0.2) is 0 Å². The molecule has 1 aromatic carbocycles. The third-order valence-electron chi connectivity index (χ3n) is 4.03. The molecule has 0 aromatic heterocycles. The van der Waals surface area contributed by atoms with E-state index in [0.717, 1.165) is 22.4 Å². The number of rotatable bonds is 2. The molecule has 1 saturated heterocycles. The first-order valence-electron chi connectivity index (χ1n) is 7.85. The van der Waals surface area contributed by atoms with Crippen LogP contribution in [-0.2, 0) is 9.59 Å². The Labute approximate surface area is 140 Å². The second-order valence-corrected chi connectivity index (χ2v) is 6.34. The molecule has 0 bridgehead atoms. The minimum Gasteiger partial charge on any atom is -0.324 e. The third kappa shape index (κ3) is 2.97. The lowest BCUT2D eigenvalue weighted by molar-refractivity contribution is -0.129. The maximum Gasteiger partial charge on any atom is 0.249 e. The number of nitrogens with one attached hydrogen (secondary N) is 3. The third-order valence-corrected chi connectivity index (χ3v) is 4.03. The van der Waals surface area contributed by atoms with E-state index in [1.54, 1.807) is 5.01 Å². The number of hydrazine groups is 1. The van der Waals surface area contributed by atoms with Crippen molar-refractivity contribution in [2.45, 2.75) is 40.2 Å². The topological polar surface area (TPSA) is 85.8 Å². The Morgan fingerprint density at radius 1 is 1.33 bits per heavy atom. The number of benzene rings is 1. The fraction of sp³-hybridized carbons (Fsp3) is 0.353. The molecule has 1 fully saturated rings. The predicted octanol–water partition coefficient (Wildman–Crippen LogP) is 1.56. The fourth-order valence-corrected chi connectivity index (χ4v) is 2.71.